The molecule has 99 heavy (non-hydrogen) atoms. The summed E-state index contributed by atoms with van der Waals surface area (Å²) in [6.07, 6.45) is 45.0. The molecule has 1 amide bonds. The predicted octanol–water partition coefficient (Wildman–Crippen LogP) is 19.4. The number of amides is 1. The fourth-order valence-corrected chi connectivity index (χ4v) is 13.5. The average Bonchev–Trinajstić information content (AvgIpc) is 1.67. The summed E-state index contributed by atoms with van der Waals surface area (Å²) in [5.74, 6) is 0.941. The molecule has 570 valence electrons. The number of aromatic nitrogens is 3. The second kappa shape index (κ2) is 58.2. The van der Waals surface area contributed by atoms with Crippen LogP contribution in [-0.2, 0) is 39.9 Å². The zero-order chi connectivity index (χ0) is 71.9. The van der Waals surface area contributed by atoms with Crippen LogP contribution >= 0.6 is 0 Å². The van der Waals surface area contributed by atoms with E-state index in [-0.39, 0.29) is 42.1 Å². The second-order valence-electron chi connectivity index (χ2n) is 29.9. The summed E-state index contributed by atoms with van der Waals surface area (Å²) in [6.45, 7) is 30.9. The molecule has 0 bridgehead atoms. The number of unbranched alkanes of at least 4 members (excludes halogenated alkanes) is 24. The molecule has 0 aliphatic heterocycles. The Morgan fingerprint density at radius 1 is 0.424 bits per heavy atom. The number of carbonyl (C=O) groups is 4. The molecule has 0 fully saturated rings. The van der Waals surface area contributed by atoms with Gasteiger partial charge in [-0.3, -0.25) is 19.2 Å². The fourth-order valence-electron chi connectivity index (χ4n) is 13.5. The Balaban J connectivity index is 1.47. The molecule has 0 radical (unpaired) electrons. The van der Waals surface area contributed by atoms with Crippen molar-refractivity contribution in [1.82, 2.24) is 39.0 Å². The number of anilines is 1. The number of carbonyl (C=O) groups excluding carboxylic acids is 4. The minimum absolute atomic E-state index is 0.00970. The number of likely N-dealkylation sites (N-methyl/N-ethyl adjacent to an activating group) is 3. The van der Waals surface area contributed by atoms with E-state index in [1.165, 1.54) is 96.3 Å². The lowest BCUT2D eigenvalue weighted by atomic mass is 10.1. The third-order valence-electron chi connectivity index (χ3n) is 20.2. The zero-order valence-corrected chi connectivity index (χ0v) is 65.8. The number of hydrogen-bond donors (Lipinski definition) is 1. The van der Waals surface area contributed by atoms with Gasteiger partial charge in [-0.1, -0.05) is 202 Å². The normalized spacial score (nSPS) is 12.9. The summed E-state index contributed by atoms with van der Waals surface area (Å²) < 4.78 is 19.8. The summed E-state index contributed by atoms with van der Waals surface area (Å²) in [5.41, 5.74) is 2.63. The molecule has 0 saturated carbocycles. The number of benzene rings is 1. The number of hydrogen-bond acceptors (Lipinski definition) is 14. The Hall–Kier alpha value is -4.22. The summed E-state index contributed by atoms with van der Waals surface area (Å²) in [4.78, 5) is 74.0. The second-order valence-corrected chi connectivity index (χ2v) is 29.9. The summed E-state index contributed by atoms with van der Waals surface area (Å²) >= 11 is 0. The first-order valence-corrected chi connectivity index (χ1v) is 41.2. The number of para-hydroxylation sites is 1. The molecule has 0 aliphatic carbocycles. The standard InChI is InChI=1S/C83H151N9O7/c1-12-18-21-35-48-72(15-4)97-78(94)54-39-28-24-26-31-44-57-90(59-46-33-30-41-56-80(96)99-74(17-6)50-37-23-20-14-3)67-65-88(10)63-61-87(9)62-64-89(11)66-68-91(58-45-32-27-25-29-40-55-79(95)98-73(16-5)49-36-22-19-13-2)60-47-34-38-53-77(93)86-83-81-82(92(70-84-81)69-71(7)8)75-51-42-43-52-76(75)85-83/h42-43,51-52,70-74H,12-41,44-50,53-69H2,1-11H3,(H,85,86,93). The van der Waals surface area contributed by atoms with E-state index in [1.807, 2.05) is 24.5 Å². The Labute approximate surface area is 606 Å². The minimum atomic E-state index is -0.0211. The molecule has 16 nitrogen and oxygen atoms in total. The maximum Gasteiger partial charge on any atom is 0.306 e. The third kappa shape index (κ3) is 43.5. The van der Waals surface area contributed by atoms with Crippen molar-refractivity contribution >= 4 is 51.6 Å². The topological polar surface area (TPSA) is 155 Å². The van der Waals surface area contributed by atoms with Gasteiger partial charge in [-0.15, -0.1) is 0 Å². The van der Waals surface area contributed by atoms with Crippen LogP contribution in [0.5, 0.6) is 0 Å². The van der Waals surface area contributed by atoms with Crippen LogP contribution in [0, 0.1) is 5.92 Å². The summed E-state index contributed by atoms with van der Waals surface area (Å²) in [6, 6.07) is 8.13. The maximum atomic E-state index is 13.5. The van der Waals surface area contributed by atoms with Gasteiger partial charge < -0.3 is 48.6 Å². The van der Waals surface area contributed by atoms with Crippen LogP contribution in [0.25, 0.3) is 21.9 Å². The van der Waals surface area contributed by atoms with Crippen LogP contribution < -0.4 is 5.32 Å². The quantitative estimate of drug-likeness (QED) is 0.0324. The molecule has 2 aromatic heterocycles. The van der Waals surface area contributed by atoms with Gasteiger partial charge in [0.2, 0.25) is 5.91 Å². The molecule has 0 spiro atoms. The van der Waals surface area contributed by atoms with E-state index in [4.69, 9.17) is 24.2 Å². The number of ether oxygens (including phenoxy) is 3. The molecular weight excluding hydrogens is 1230 g/mol. The van der Waals surface area contributed by atoms with Gasteiger partial charge in [0.15, 0.2) is 5.82 Å². The molecule has 3 rings (SSSR count). The van der Waals surface area contributed by atoms with E-state index in [2.05, 4.69) is 117 Å². The number of rotatable bonds is 67. The van der Waals surface area contributed by atoms with E-state index < -0.39 is 0 Å². The summed E-state index contributed by atoms with van der Waals surface area (Å²) in [7, 11) is 6.82. The van der Waals surface area contributed by atoms with Crippen molar-refractivity contribution in [2.24, 2.45) is 5.92 Å². The molecule has 16 heteroatoms. The van der Waals surface area contributed by atoms with Crippen LogP contribution in [-0.4, -0.2) is 181 Å². The van der Waals surface area contributed by atoms with Gasteiger partial charge in [0.05, 0.1) is 17.4 Å². The van der Waals surface area contributed by atoms with Crippen molar-refractivity contribution in [3.05, 3.63) is 30.6 Å². The highest BCUT2D eigenvalue weighted by molar-refractivity contribution is 6.09. The molecule has 1 aromatic carbocycles. The highest BCUT2D eigenvalue weighted by Gasteiger charge is 2.20. The fraction of sp³-hybridized carbons (Fsp3) is 0.831. The van der Waals surface area contributed by atoms with E-state index in [0.717, 1.165) is 248 Å². The van der Waals surface area contributed by atoms with Crippen LogP contribution in [0.3, 0.4) is 0 Å². The van der Waals surface area contributed by atoms with Crippen molar-refractivity contribution in [2.45, 2.75) is 344 Å². The van der Waals surface area contributed by atoms with E-state index >= 15 is 0 Å². The van der Waals surface area contributed by atoms with Crippen LogP contribution in [0.4, 0.5) is 5.82 Å². The van der Waals surface area contributed by atoms with Gasteiger partial charge >= 0.3 is 17.9 Å². The van der Waals surface area contributed by atoms with Gasteiger partial charge in [-0.2, -0.15) is 0 Å². The number of nitrogens with one attached hydrogen (secondary N) is 1. The SMILES string of the molecule is CCCCCCC(CC)OC(=O)CCCCCCCCN(CCCCCCC(=O)OC(CC)CCCCCC)CCN(C)CCN(C)CCN(C)CCN(CCCCCCCCC(=O)OC(CC)CCCCCC)CCCCCC(=O)Nc1nc2ccccc2c2c1ncn2CC(C)C. The highest BCUT2D eigenvalue weighted by Crippen LogP contribution is 2.30. The average molecular weight is 1390 g/mol. The number of imidazole rings is 1. The van der Waals surface area contributed by atoms with Crippen LogP contribution in [0.15, 0.2) is 30.6 Å². The minimum Gasteiger partial charge on any atom is -0.462 e. The number of fused-ring (bicyclic) bond motifs is 3. The van der Waals surface area contributed by atoms with Gasteiger partial charge in [0, 0.05) is 90.0 Å². The number of nitrogens with zero attached hydrogens (tertiary/aromatic N) is 8. The van der Waals surface area contributed by atoms with Crippen molar-refractivity contribution < 1.29 is 33.4 Å². The number of pyridine rings is 1. The van der Waals surface area contributed by atoms with Gasteiger partial charge in [0.25, 0.3) is 0 Å². The van der Waals surface area contributed by atoms with E-state index in [0.29, 0.717) is 37.4 Å². The van der Waals surface area contributed by atoms with Crippen molar-refractivity contribution in [3.8, 4) is 0 Å². The maximum absolute atomic E-state index is 13.5. The molecule has 2 heterocycles. The number of esters is 3. The molecule has 0 saturated heterocycles. The summed E-state index contributed by atoms with van der Waals surface area (Å²) in [5, 5.41) is 4.20. The van der Waals surface area contributed by atoms with Crippen molar-refractivity contribution in [3.63, 3.8) is 0 Å². The lowest BCUT2D eigenvalue weighted by Crippen LogP contribution is -2.40. The Bertz CT molecular complexity index is 2490. The first-order valence-electron chi connectivity index (χ1n) is 41.2. The monoisotopic (exact) mass is 1390 g/mol. The lowest BCUT2D eigenvalue weighted by molar-refractivity contribution is -0.150. The Kier molecular flexibility index (Phi) is 52.3. The Morgan fingerprint density at radius 3 is 1.15 bits per heavy atom. The predicted molar refractivity (Wildman–Crippen MR) is 417 cm³/mol. The zero-order valence-electron chi connectivity index (χ0n) is 65.8. The molecular formula is C83H151N9O7. The molecule has 1 N–H and O–H groups in total. The van der Waals surface area contributed by atoms with E-state index in [9.17, 15) is 19.2 Å². The lowest BCUT2D eigenvalue weighted by Gasteiger charge is -2.28. The first kappa shape index (κ1) is 89.0. The largest absolute Gasteiger partial charge is 0.462 e. The molecule has 3 unspecified atom stereocenters. The van der Waals surface area contributed by atoms with Gasteiger partial charge in [-0.05, 0) is 168 Å². The highest BCUT2D eigenvalue weighted by atomic mass is 16.6. The van der Waals surface area contributed by atoms with Crippen molar-refractivity contribution in [2.75, 3.05) is 105 Å². The molecule has 0 aliphatic rings. The van der Waals surface area contributed by atoms with Gasteiger partial charge in [-0.25, -0.2) is 9.97 Å². The Morgan fingerprint density at radius 2 is 0.768 bits per heavy atom. The molecule has 3 aromatic rings. The van der Waals surface area contributed by atoms with Crippen LogP contribution in [0.2, 0.25) is 0 Å². The van der Waals surface area contributed by atoms with Crippen molar-refractivity contribution in [1.29, 1.82) is 0 Å². The first-order chi connectivity index (χ1) is 48.1. The van der Waals surface area contributed by atoms with E-state index in [1.54, 1.807) is 0 Å². The third-order valence-corrected chi connectivity index (χ3v) is 20.2. The van der Waals surface area contributed by atoms with Crippen LogP contribution in [0.1, 0.15) is 319 Å². The molecule has 3 atom stereocenters. The van der Waals surface area contributed by atoms with Gasteiger partial charge in [0.1, 0.15) is 23.8 Å². The smallest absolute Gasteiger partial charge is 0.306 e.